The van der Waals surface area contributed by atoms with E-state index < -0.39 is 10.0 Å². The number of rotatable bonds is 11. The van der Waals surface area contributed by atoms with Crippen LogP contribution in [-0.2, 0) is 16.4 Å². The molecular formula is C16H28N2O2S. The predicted octanol–water partition coefficient (Wildman–Crippen LogP) is 3.16. The molecule has 0 aromatic heterocycles. The highest BCUT2D eigenvalue weighted by Gasteiger charge is 2.09. The minimum absolute atomic E-state index is 0.154. The standard InChI is InChI=1S/C16H28N2O2S/c1-3-5-7-15-8-10-16(11-9-15)18-21(19,20)14-6-13-17-12-4-2/h8-11,17-18H,3-7,12-14H2,1-2H3. The first-order valence-corrected chi connectivity index (χ1v) is 9.52. The van der Waals surface area contributed by atoms with Gasteiger partial charge >= 0.3 is 0 Å². The Kier molecular flexibility index (Phi) is 8.38. The first-order valence-electron chi connectivity index (χ1n) is 7.87. The van der Waals surface area contributed by atoms with Crippen LogP contribution < -0.4 is 10.0 Å². The van der Waals surface area contributed by atoms with Crippen LogP contribution in [0.15, 0.2) is 24.3 Å². The molecule has 0 radical (unpaired) electrons. The second kappa shape index (κ2) is 9.79. The SMILES string of the molecule is CCCCc1ccc(NS(=O)(=O)CCCNCCC)cc1. The van der Waals surface area contributed by atoms with E-state index in [1.165, 1.54) is 12.0 Å². The molecule has 0 heterocycles. The fourth-order valence-electron chi connectivity index (χ4n) is 2.04. The van der Waals surface area contributed by atoms with E-state index in [2.05, 4.69) is 23.9 Å². The van der Waals surface area contributed by atoms with E-state index in [1.807, 2.05) is 24.3 Å². The summed E-state index contributed by atoms with van der Waals surface area (Å²) in [4.78, 5) is 0. The van der Waals surface area contributed by atoms with E-state index in [-0.39, 0.29) is 5.75 Å². The van der Waals surface area contributed by atoms with Gasteiger partial charge in [0.15, 0.2) is 0 Å². The normalized spacial score (nSPS) is 11.5. The molecule has 0 aliphatic rings. The lowest BCUT2D eigenvalue weighted by molar-refractivity contribution is 0.593. The summed E-state index contributed by atoms with van der Waals surface area (Å²) in [6, 6.07) is 7.68. The van der Waals surface area contributed by atoms with Gasteiger partial charge in [-0.05, 0) is 56.5 Å². The molecule has 0 spiro atoms. The van der Waals surface area contributed by atoms with Gasteiger partial charge in [-0.1, -0.05) is 32.4 Å². The summed E-state index contributed by atoms with van der Waals surface area (Å²) < 4.78 is 26.5. The van der Waals surface area contributed by atoms with Crippen LogP contribution in [0.5, 0.6) is 0 Å². The summed E-state index contributed by atoms with van der Waals surface area (Å²) >= 11 is 0. The Morgan fingerprint density at radius 3 is 2.29 bits per heavy atom. The number of aryl methyl sites for hydroxylation is 1. The van der Waals surface area contributed by atoms with Gasteiger partial charge in [0.1, 0.15) is 0 Å². The number of nitrogens with one attached hydrogen (secondary N) is 2. The van der Waals surface area contributed by atoms with Gasteiger partial charge in [-0.15, -0.1) is 0 Å². The summed E-state index contributed by atoms with van der Waals surface area (Å²) in [5, 5.41) is 3.21. The van der Waals surface area contributed by atoms with E-state index in [9.17, 15) is 8.42 Å². The first-order chi connectivity index (χ1) is 10.1. The van der Waals surface area contributed by atoms with Gasteiger partial charge in [-0.2, -0.15) is 0 Å². The molecular weight excluding hydrogens is 284 g/mol. The molecule has 1 aromatic carbocycles. The maximum absolute atomic E-state index is 12.0. The van der Waals surface area contributed by atoms with E-state index in [0.717, 1.165) is 32.4 Å². The smallest absolute Gasteiger partial charge is 0.232 e. The number of hydrogen-bond donors (Lipinski definition) is 2. The van der Waals surface area contributed by atoms with Crippen molar-refractivity contribution in [1.29, 1.82) is 0 Å². The molecule has 120 valence electrons. The minimum atomic E-state index is -3.24. The van der Waals surface area contributed by atoms with Gasteiger partial charge in [-0.25, -0.2) is 8.42 Å². The summed E-state index contributed by atoms with van der Waals surface area (Å²) in [6.07, 6.45) is 5.07. The molecule has 0 atom stereocenters. The Labute approximate surface area is 129 Å². The molecule has 2 N–H and O–H groups in total. The maximum Gasteiger partial charge on any atom is 0.232 e. The van der Waals surface area contributed by atoms with Gasteiger partial charge in [0.2, 0.25) is 10.0 Å². The molecule has 0 bridgehead atoms. The van der Waals surface area contributed by atoms with Crippen LogP contribution in [-0.4, -0.2) is 27.3 Å². The van der Waals surface area contributed by atoms with Crippen LogP contribution in [0.1, 0.15) is 45.1 Å². The van der Waals surface area contributed by atoms with Crippen molar-refractivity contribution in [2.75, 3.05) is 23.6 Å². The molecule has 0 aliphatic carbocycles. The largest absolute Gasteiger partial charge is 0.317 e. The molecule has 5 heteroatoms. The van der Waals surface area contributed by atoms with Crippen molar-refractivity contribution >= 4 is 15.7 Å². The van der Waals surface area contributed by atoms with Crippen LogP contribution in [0.3, 0.4) is 0 Å². The number of anilines is 1. The lowest BCUT2D eigenvalue weighted by Gasteiger charge is -2.09. The molecule has 4 nitrogen and oxygen atoms in total. The van der Waals surface area contributed by atoms with Crippen molar-refractivity contribution in [3.63, 3.8) is 0 Å². The van der Waals surface area contributed by atoms with Gasteiger partial charge in [0.25, 0.3) is 0 Å². The predicted molar refractivity (Wildman–Crippen MR) is 90.2 cm³/mol. The zero-order valence-electron chi connectivity index (χ0n) is 13.2. The van der Waals surface area contributed by atoms with E-state index in [4.69, 9.17) is 0 Å². The second-order valence-electron chi connectivity index (χ2n) is 5.32. The van der Waals surface area contributed by atoms with Crippen LogP contribution in [0.25, 0.3) is 0 Å². The quantitative estimate of drug-likeness (QED) is 0.617. The fraction of sp³-hybridized carbons (Fsp3) is 0.625. The maximum atomic E-state index is 12.0. The van der Waals surface area contributed by atoms with Crippen LogP contribution in [0, 0.1) is 0 Å². The highest BCUT2D eigenvalue weighted by molar-refractivity contribution is 7.92. The van der Waals surface area contributed by atoms with E-state index >= 15 is 0 Å². The number of benzene rings is 1. The molecule has 0 saturated heterocycles. The molecule has 1 aromatic rings. The van der Waals surface area contributed by atoms with Crippen molar-refractivity contribution in [3.8, 4) is 0 Å². The summed E-state index contributed by atoms with van der Waals surface area (Å²) in [7, 11) is -3.24. The topological polar surface area (TPSA) is 58.2 Å². The zero-order chi connectivity index (χ0) is 15.6. The van der Waals surface area contributed by atoms with Crippen molar-refractivity contribution in [3.05, 3.63) is 29.8 Å². The fourth-order valence-corrected chi connectivity index (χ4v) is 3.16. The Bertz CT molecular complexity index is 484. The molecule has 0 aliphatic heterocycles. The number of hydrogen-bond acceptors (Lipinski definition) is 3. The molecule has 0 fully saturated rings. The number of unbranched alkanes of at least 4 members (excludes halogenated alkanes) is 1. The summed E-state index contributed by atoms with van der Waals surface area (Å²) in [5.41, 5.74) is 1.90. The average molecular weight is 312 g/mol. The van der Waals surface area contributed by atoms with Crippen molar-refractivity contribution in [2.24, 2.45) is 0 Å². The Balaban J connectivity index is 2.40. The highest BCUT2D eigenvalue weighted by Crippen LogP contribution is 2.13. The van der Waals surface area contributed by atoms with Crippen LogP contribution >= 0.6 is 0 Å². The first kappa shape index (κ1) is 18.0. The Morgan fingerprint density at radius 2 is 1.67 bits per heavy atom. The Morgan fingerprint density at radius 1 is 0.952 bits per heavy atom. The minimum Gasteiger partial charge on any atom is -0.317 e. The van der Waals surface area contributed by atoms with Gasteiger partial charge in [0, 0.05) is 5.69 Å². The third kappa shape index (κ3) is 8.07. The van der Waals surface area contributed by atoms with E-state index in [0.29, 0.717) is 12.1 Å². The lowest BCUT2D eigenvalue weighted by atomic mass is 10.1. The van der Waals surface area contributed by atoms with Crippen LogP contribution in [0.4, 0.5) is 5.69 Å². The van der Waals surface area contributed by atoms with Gasteiger partial charge in [0.05, 0.1) is 5.75 Å². The molecule has 0 unspecified atom stereocenters. The third-order valence-electron chi connectivity index (χ3n) is 3.24. The number of sulfonamides is 1. The zero-order valence-corrected chi connectivity index (χ0v) is 14.0. The van der Waals surface area contributed by atoms with Crippen molar-refractivity contribution < 1.29 is 8.42 Å². The average Bonchev–Trinajstić information content (AvgIpc) is 2.46. The van der Waals surface area contributed by atoms with Crippen molar-refractivity contribution in [2.45, 2.75) is 46.0 Å². The highest BCUT2D eigenvalue weighted by atomic mass is 32.2. The molecule has 0 amide bonds. The summed E-state index contributed by atoms with van der Waals surface area (Å²) in [6.45, 7) is 5.94. The molecule has 1 rings (SSSR count). The van der Waals surface area contributed by atoms with Gasteiger partial charge in [-0.3, -0.25) is 4.72 Å². The lowest BCUT2D eigenvalue weighted by Crippen LogP contribution is -2.22. The third-order valence-corrected chi connectivity index (χ3v) is 4.61. The van der Waals surface area contributed by atoms with Gasteiger partial charge < -0.3 is 5.32 Å². The van der Waals surface area contributed by atoms with Crippen molar-refractivity contribution in [1.82, 2.24) is 5.32 Å². The summed E-state index contributed by atoms with van der Waals surface area (Å²) in [5.74, 6) is 0.154. The molecule has 21 heavy (non-hydrogen) atoms. The Hall–Kier alpha value is -1.07. The van der Waals surface area contributed by atoms with E-state index in [1.54, 1.807) is 0 Å². The van der Waals surface area contributed by atoms with Crippen LogP contribution in [0.2, 0.25) is 0 Å². The second-order valence-corrected chi connectivity index (χ2v) is 7.17. The monoisotopic (exact) mass is 312 g/mol. The molecule has 0 saturated carbocycles.